The molecule has 0 unspecified atom stereocenters. The number of aromatic nitrogens is 7. The summed E-state index contributed by atoms with van der Waals surface area (Å²) in [4.78, 5) is 21.0. The Kier molecular flexibility index (Phi) is 5.41. The highest BCUT2D eigenvalue weighted by atomic mass is 19.4. The molecule has 0 bridgehead atoms. The fourth-order valence-electron chi connectivity index (χ4n) is 3.16. The molecule has 11 nitrogen and oxygen atoms in total. The number of amides is 1. The number of nitrogens with two attached hydrogens (primary N) is 1. The topological polar surface area (TPSA) is 153 Å². The first-order valence-corrected chi connectivity index (χ1v) is 9.27. The van der Waals surface area contributed by atoms with Crippen LogP contribution in [0.3, 0.4) is 0 Å². The summed E-state index contributed by atoms with van der Waals surface area (Å²) in [6.07, 6.45) is -1.32. The Morgan fingerprint density at radius 2 is 1.94 bits per heavy atom. The molecule has 0 aromatic carbocycles. The van der Waals surface area contributed by atoms with E-state index >= 15 is 0 Å². The standard InChI is InChI=1S/C19H12F4N10O/c1-26-17-11(20)2-3-12(30-17)32-15(19(21,22)23)13(16(25)34)14(31-32)10-6-9(7-24)18(27-8-10)33-28-4-5-29-33/h2-6,8H,1H3,(H2,25,34)(H,26,30). The maximum absolute atomic E-state index is 14.1. The predicted molar refractivity (Wildman–Crippen MR) is 107 cm³/mol. The first-order chi connectivity index (χ1) is 16.2. The summed E-state index contributed by atoms with van der Waals surface area (Å²) >= 11 is 0. The molecule has 15 heteroatoms. The Morgan fingerprint density at radius 1 is 1.24 bits per heavy atom. The largest absolute Gasteiger partial charge is 0.434 e. The fraction of sp³-hybridized carbons (Fsp3) is 0.105. The highest BCUT2D eigenvalue weighted by Crippen LogP contribution is 2.38. The summed E-state index contributed by atoms with van der Waals surface area (Å²) in [5.41, 5.74) is 2.10. The molecule has 1 amide bonds. The molecule has 0 saturated carbocycles. The minimum absolute atomic E-state index is 0.00576. The maximum Gasteiger partial charge on any atom is 0.434 e. The van der Waals surface area contributed by atoms with E-state index in [1.165, 1.54) is 25.5 Å². The van der Waals surface area contributed by atoms with Crippen LogP contribution in [0.2, 0.25) is 0 Å². The number of nitriles is 1. The van der Waals surface area contributed by atoms with E-state index in [4.69, 9.17) is 5.73 Å². The van der Waals surface area contributed by atoms with E-state index in [-0.39, 0.29) is 22.8 Å². The van der Waals surface area contributed by atoms with Crippen LogP contribution in [0.5, 0.6) is 0 Å². The van der Waals surface area contributed by atoms with Crippen molar-refractivity contribution in [1.29, 1.82) is 5.26 Å². The molecule has 34 heavy (non-hydrogen) atoms. The quantitative estimate of drug-likeness (QED) is 0.419. The summed E-state index contributed by atoms with van der Waals surface area (Å²) in [6, 6.07) is 4.86. The number of halogens is 4. The highest BCUT2D eigenvalue weighted by molar-refractivity contribution is 6.00. The molecular formula is C19H12F4N10O. The lowest BCUT2D eigenvalue weighted by molar-refractivity contribution is -0.143. The van der Waals surface area contributed by atoms with Gasteiger partial charge in [-0.2, -0.15) is 33.7 Å². The van der Waals surface area contributed by atoms with Gasteiger partial charge in [0.15, 0.2) is 29.0 Å². The van der Waals surface area contributed by atoms with Crippen molar-refractivity contribution < 1.29 is 22.4 Å². The van der Waals surface area contributed by atoms with Crippen molar-refractivity contribution in [3.05, 3.63) is 59.4 Å². The minimum Gasteiger partial charge on any atom is -0.371 e. The third-order valence-corrected chi connectivity index (χ3v) is 4.55. The van der Waals surface area contributed by atoms with E-state index < -0.39 is 40.7 Å². The Hall–Kier alpha value is -4.87. The number of alkyl halides is 3. The normalized spacial score (nSPS) is 11.3. The fourth-order valence-corrected chi connectivity index (χ4v) is 3.16. The van der Waals surface area contributed by atoms with Crippen LogP contribution in [0, 0.1) is 17.1 Å². The second kappa shape index (κ2) is 8.24. The number of primary amides is 1. The monoisotopic (exact) mass is 472 g/mol. The minimum atomic E-state index is -5.10. The Bertz CT molecular complexity index is 1440. The molecule has 4 rings (SSSR count). The second-order valence-electron chi connectivity index (χ2n) is 6.62. The van der Waals surface area contributed by atoms with Crippen molar-refractivity contribution in [3.8, 4) is 29.0 Å². The van der Waals surface area contributed by atoms with Crippen LogP contribution < -0.4 is 11.1 Å². The molecule has 4 aromatic rings. The van der Waals surface area contributed by atoms with E-state index in [0.717, 1.165) is 23.1 Å². The van der Waals surface area contributed by atoms with Gasteiger partial charge in [-0.3, -0.25) is 4.79 Å². The number of hydrogen-bond acceptors (Lipinski definition) is 8. The zero-order chi connectivity index (χ0) is 24.6. The summed E-state index contributed by atoms with van der Waals surface area (Å²) < 4.78 is 56.4. The van der Waals surface area contributed by atoms with E-state index in [1.54, 1.807) is 0 Å². The predicted octanol–water partition coefficient (Wildman–Crippen LogP) is 2.08. The number of nitrogens with zero attached hydrogens (tertiary/aromatic N) is 8. The molecule has 3 N–H and O–H groups in total. The second-order valence-corrected chi connectivity index (χ2v) is 6.62. The third-order valence-electron chi connectivity index (χ3n) is 4.55. The molecule has 0 aliphatic heterocycles. The van der Waals surface area contributed by atoms with E-state index in [2.05, 4.69) is 30.6 Å². The Labute approximate surface area is 187 Å². The van der Waals surface area contributed by atoms with Crippen molar-refractivity contribution in [3.63, 3.8) is 0 Å². The van der Waals surface area contributed by atoms with Crippen molar-refractivity contribution in [2.45, 2.75) is 6.18 Å². The maximum atomic E-state index is 14.1. The van der Waals surface area contributed by atoms with Gasteiger partial charge in [0, 0.05) is 18.8 Å². The first kappa shape index (κ1) is 22.3. The molecule has 0 fully saturated rings. The van der Waals surface area contributed by atoms with Gasteiger partial charge < -0.3 is 11.1 Å². The molecule has 0 spiro atoms. The van der Waals surface area contributed by atoms with Gasteiger partial charge in [-0.1, -0.05) is 0 Å². The zero-order valence-corrected chi connectivity index (χ0v) is 17.0. The lowest BCUT2D eigenvalue weighted by Gasteiger charge is -2.12. The molecule has 0 radical (unpaired) electrons. The van der Waals surface area contributed by atoms with Gasteiger partial charge in [0.25, 0.3) is 5.91 Å². The van der Waals surface area contributed by atoms with Gasteiger partial charge in [0.2, 0.25) is 0 Å². The van der Waals surface area contributed by atoms with Crippen LogP contribution in [0.25, 0.3) is 22.9 Å². The average molecular weight is 472 g/mol. The smallest absolute Gasteiger partial charge is 0.371 e. The van der Waals surface area contributed by atoms with Crippen molar-refractivity contribution in [2.75, 3.05) is 12.4 Å². The lowest BCUT2D eigenvalue weighted by Crippen LogP contribution is -2.21. The van der Waals surface area contributed by atoms with Crippen LogP contribution >= 0.6 is 0 Å². The molecule has 0 aliphatic carbocycles. The van der Waals surface area contributed by atoms with Gasteiger partial charge in [0.05, 0.1) is 23.5 Å². The average Bonchev–Trinajstić information content (AvgIpc) is 3.47. The Balaban J connectivity index is 1.99. The molecule has 4 heterocycles. The molecule has 0 atom stereocenters. The van der Waals surface area contributed by atoms with Crippen molar-refractivity contribution >= 4 is 11.7 Å². The highest BCUT2D eigenvalue weighted by Gasteiger charge is 2.43. The zero-order valence-electron chi connectivity index (χ0n) is 17.0. The molecule has 4 aromatic heterocycles. The summed E-state index contributed by atoms with van der Waals surface area (Å²) in [7, 11) is 1.33. The molecule has 172 valence electrons. The van der Waals surface area contributed by atoms with Crippen LogP contribution in [-0.2, 0) is 6.18 Å². The number of pyridine rings is 2. The number of rotatable bonds is 5. The SMILES string of the molecule is CNc1nc(-n2nc(-c3cnc(-n4nccn4)c(C#N)c3)c(C(N)=O)c2C(F)(F)F)ccc1F. The van der Waals surface area contributed by atoms with Crippen LogP contribution in [0.1, 0.15) is 21.6 Å². The van der Waals surface area contributed by atoms with Gasteiger partial charge in [-0.15, -0.1) is 4.80 Å². The Morgan fingerprint density at radius 3 is 2.53 bits per heavy atom. The summed E-state index contributed by atoms with van der Waals surface area (Å²) in [5.74, 6) is -3.01. The summed E-state index contributed by atoms with van der Waals surface area (Å²) in [5, 5.41) is 23.6. The van der Waals surface area contributed by atoms with Gasteiger partial charge in [-0.25, -0.2) is 19.0 Å². The number of anilines is 1. The molecule has 0 aliphatic rings. The van der Waals surface area contributed by atoms with Crippen molar-refractivity contribution in [1.82, 2.24) is 34.7 Å². The van der Waals surface area contributed by atoms with E-state index in [0.29, 0.717) is 4.68 Å². The number of nitrogens with one attached hydrogen (secondary N) is 1. The van der Waals surface area contributed by atoms with Crippen LogP contribution in [0.4, 0.5) is 23.4 Å². The summed E-state index contributed by atoms with van der Waals surface area (Å²) in [6.45, 7) is 0. The number of carbonyl (C=O) groups is 1. The number of carbonyl (C=O) groups excluding carboxylic acids is 1. The van der Waals surface area contributed by atoms with E-state index in [9.17, 15) is 27.6 Å². The van der Waals surface area contributed by atoms with Crippen LogP contribution in [0.15, 0.2) is 36.8 Å². The van der Waals surface area contributed by atoms with Crippen molar-refractivity contribution in [2.24, 2.45) is 5.73 Å². The lowest BCUT2D eigenvalue weighted by atomic mass is 10.0. The van der Waals surface area contributed by atoms with Gasteiger partial charge in [-0.05, 0) is 18.2 Å². The van der Waals surface area contributed by atoms with Gasteiger partial charge in [0.1, 0.15) is 11.8 Å². The molecular weight excluding hydrogens is 460 g/mol. The van der Waals surface area contributed by atoms with Gasteiger partial charge >= 0.3 is 6.18 Å². The first-order valence-electron chi connectivity index (χ1n) is 9.27. The molecule has 0 saturated heterocycles. The van der Waals surface area contributed by atoms with E-state index in [1.807, 2.05) is 6.07 Å². The third kappa shape index (κ3) is 3.77. The number of hydrogen-bond donors (Lipinski definition) is 2. The van der Waals surface area contributed by atoms with Crippen LogP contribution in [-0.4, -0.2) is 47.7 Å².